The minimum Gasteiger partial charge on any atom is -0.465 e. The monoisotopic (exact) mass is 546 g/mol. The number of para-hydroxylation sites is 1. The number of anilines is 2. The summed E-state index contributed by atoms with van der Waals surface area (Å²) < 4.78 is 10.5. The molecule has 0 aromatic heterocycles. The maximum Gasteiger partial charge on any atom is 0.343 e. The molecule has 0 saturated heterocycles. The first-order valence-electron chi connectivity index (χ1n) is 12.1. The topological polar surface area (TPSA) is 102 Å². The van der Waals surface area contributed by atoms with E-state index in [1.165, 1.54) is 31.4 Å². The van der Waals surface area contributed by atoms with Crippen LogP contribution in [0.1, 0.15) is 52.6 Å². The zero-order valence-electron chi connectivity index (χ0n) is 22.1. The molecule has 1 N–H and O–H groups in total. The van der Waals surface area contributed by atoms with E-state index in [4.69, 9.17) is 21.1 Å². The molecule has 2 amide bonds. The SMILES string of the molecule is COC(=O)c1ccccc1N1C(=O)C(Cl)=C(Nc2ccc(C(=O)Oc3ccc(C)cc3C(C)(C)C)cc2)C1=O. The molecule has 0 spiro atoms. The Hall–Kier alpha value is -4.43. The highest BCUT2D eigenvalue weighted by atomic mass is 35.5. The number of carbonyl (C=O) groups is 4. The second kappa shape index (κ2) is 10.7. The Bertz CT molecular complexity index is 1520. The van der Waals surface area contributed by atoms with E-state index in [1.54, 1.807) is 30.3 Å². The lowest BCUT2D eigenvalue weighted by atomic mass is 9.85. The van der Waals surface area contributed by atoms with Gasteiger partial charge in [0.2, 0.25) is 0 Å². The van der Waals surface area contributed by atoms with Gasteiger partial charge in [0.1, 0.15) is 16.5 Å². The van der Waals surface area contributed by atoms with Gasteiger partial charge in [0.05, 0.1) is 23.9 Å². The Morgan fingerprint density at radius 3 is 2.21 bits per heavy atom. The van der Waals surface area contributed by atoms with Crippen molar-refractivity contribution in [1.82, 2.24) is 0 Å². The van der Waals surface area contributed by atoms with Crippen LogP contribution < -0.4 is 15.0 Å². The number of aryl methyl sites for hydroxylation is 1. The van der Waals surface area contributed by atoms with E-state index < -0.39 is 23.8 Å². The summed E-state index contributed by atoms with van der Waals surface area (Å²) in [5.74, 6) is -2.27. The number of amides is 2. The van der Waals surface area contributed by atoms with Crippen LogP contribution in [0, 0.1) is 6.92 Å². The predicted octanol–water partition coefficient (Wildman–Crippen LogP) is 5.73. The normalized spacial score (nSPS) is 13.5. The molecule has 3 aromatic rings. The largest absolute Gasteiger partial charge is 0.465 e. The van der Waals surface area contributed by atoms with Crippen molar-refractivity contribution in [2.75, 3.05) is 17.3 Å². The number of methoxy groups -OCH3 is 1. The molecule has 0 radical (unpaired) electrons. The summed E-state index contributed by atoms with van der Waals surface area (Å²) in [7, 11) is 1.20. The summed E-state index contributed by atoms with van der Waals surface area (Å²) in [4.78, 5) is 51.9. The fraction of sp³-hybridized carbons (Fsp3) is 0.200. The molecule has 0 atom stereocenters. The number of imide groups is 1. The summed E-state index contributed by atoms with van der Waals surface area (Å²) in [6.07, 6.45) is 0. The Morgan fingerprint density at radius 1 is 0.897 bits per heavy atom. The molecule has 0 aliphatic carbocycles. The number of ether oxygens (including phenoxy) is 2. The van der Waals surface area contributed by atoms with E-state index >= 15 is 0 Å². The Balaban J connectivity index is 1.53. The minimum atomic E-state index is -0.784. The van der Waals surface area contributed by atoms with Crippen LogP contribution in [0.3, 0.4) is 0 Å². The summed E-state index contributed by atoms with van der Waals surface area (Å²) in [5, 5.41) is 2.52. The van der Waals surface area contributed by atoms with Crippen molar-refractivity contribution in [2.45, 2.75) is 33.1 Å². The fourth-order valence-electron chi connectivity index (χ4n) is 4.09. The second-order valence-electron chi connectivity index (χ2n) is 9.98. The van der Waals surface area contributed by atoms with E-state index in [2.05, 4.69) is 5.32 Å². The van der Waals surface area contributed by atoms with Gasteiger partial charge in [-0.05, 0) is 54.8 Å². The van der Waals surface area contributed by atoms with Crippen molar-refractivity contribution in [3.05, 3.63) is 99.7 Å². The first-order chi connectivity index (χ1) is 18.4. The molecule has 0 unspecified atom stereocenters. The Morgan fingerprint density at radius 2 is 1.56 bits per heavy atom. The molecule has 1 aliphatic rings. The number of hydrogen-bond donors (Lipinski definition) is 1. The molecule has 1 heterocycles. The van der Waals surface area contributed by atoms with Crippen molar-refractivity contribution >= 4 is 46.7 Å². The van der Waals surface area contributed by atoms with Gasteiger partial charge in [0.25, 0.3) is 11.8 Å². The highest BCUT2D eigenvalue weighted by molar-refractivity contribution is 6.53. The van der Waals surface area contributed by atoms with Crippen LogP contribution in [0.5, 0.6) is 5.75 Å². The molecular weight excluding hydrogens is 520 g/mol. The van der Waals surface area contributed by atoms with Gasteiger partial charge >= 0.3 is 11.9 Å². The first-order valence-corrected chi connectivity index (χ1v) is 12.5. The van der Waals surface area contributed by atoms with Crippen LogP contribution in [0.2, 0.25) is 0 Å². The van der Waals surface area contributed by atoms with E-state index in [1.807, 2.05) is 39.8 Å². The van der Waals surface area contributed by atoms with Crippen molar-refractivity contribution in [3.63, 3.8) is 0 Å². The number of rotatable bonds is 6. The van der Waals surface area contributed by atoms with Crippen molar-refractivity contribution < 1.29 is 28.7 Å². The summed E-state index contributed by atoms with van der Waals surface area (Å²) in [5.41, 5.74) is 2.40. The number of halogens is 1. The molecular formula is C30H27ClN2O6. The van der Waals surface area contributed by atoms with Gasteiger partial charge in [0, 0.05) is 11.3 Å². The van der Waals surface area contributed by atoms with E-state index in [-0.39, 0.29) is 27.4 Å². The molecule has 0 saturated carbocycles. The number of nitrogens with zero attached hydrogens (tertiary/aromatic N) is 1. The van der Waals surface area contributed by atoms with Gasteiger partial charge in [-0.25, -0.2) is 14.5 Å². The average molecular weight is 547 g/mol. The number of benzene rings is 3. The van der Waals surface area contributed by atoms with Crippen molar-refractivity contribution in [3.8, 4) is 5.75 Å². The third-order valence-corrected chi connectivity index (χ3v) is 6.46. The van der Waals surface area contributed by atoms with Crippen molar-refractivity contribution in [2.24, 2.45) is 0 Å². The van der Waals surface area contributed by atoms with E-state index in [0.717, 1.165) is 16.0 Å². The molecule has 200 valence electrons. The summed E-state index contributed by atoms with van der Waals surface area (Å²) >= 11 is 6.23. The summed E-state index contributed by atoms with van der Waals surface area (Å²) in [6.45, 7) is 8.12. The molecule has 39 heavy (non-hydrogen) atoms. The van der Waals surface area contributed by atoms with Gasteiger partial charge in [-0.3, -0.25) is 9.59 Å². The summed E-state index contributed by atoms with van der Waals surface area (Å²) in [6, 6.07) is 17.9. The second-order valence-corrected chi connectivity index (χ2v) is 10.4. The molecule has 8 nitrogen and oxygen atoms in total. The zero-order chi connectivity index (χ0) is 28.5. The van der Waals surface area contributed by atoms with E-state index in [0.29, 0.717) is 17.0 Å². The Labute approximate surface area is 231 Å². The number of nitrogens with one attached hydrogen (secondary N) is 1. The van der Waals surface area contributed by atoms with Crippen LogP contribution in [-0.4, -0.2) is 30.9 Å². The third-order valence-electron chi connectivity index (χ3n) is 6.11. The smallest absolute Gasteiger partial charge is 0.343 e. The van der Waals surface area contributed by atoms with Gasteiger partial charge in [-0.15, -0.1) is 0 Å². The molecule has 1 aliphatic heterocycles. The highest BCUT2D eigenvalue weighted by Gasteiger charge is 2.40. The zero-order valence-corrected chi connectivity index (χ0v) is 22.9. The van der Waals surface area contributed by atoms with Gasteiger partial charge in [-0.1, -0.05) is 62.2 Å². The molecule has 9 heteroatoms. The van der Waals surface area contributed by atoms with E-state index in [9.17, 15) is 19.2 Å². The standard InChI is InChI=1S/C30H27ClN2O6/c1-17-10-15-23(21(16-17)30(2,3)4)39-28(36)18-11-13-19(14-12-18)32-25-24(31)26(34)33(27(25)35)22-9-7-6-8-20(22)29(37)38-5/h6-16,32H,1-5H3. The van der Waals surface area contributed by atoms with Crippen molar-refractivity contribution in [1.29, 1.82) is 0 Å². The highest BCUT2D eigenvalue weighted by Crippen LogP contribution is 2.34. The lowest BCUT2D eigenvalue weighted by Gasteiger charge is -2.22. The lowest BCUT2D eigenvalue weighted by Crippen LogP contribution is -2.33. The quantitative estimate of drug-likeness (QED) is 0.239. The van der Waals surface area contributed by atoms with Gasteiger partial charge in [-0.2, -0.15) is 0 Å². The molecule has 0 fully saturated rings. The fourth-order valence-corrected chi connectivity index (χ4v) is 4.31. The van der Waals surface area contributed by atoms with Crippen LogP contribution >= 0.6 is 11.6 Å². The van der Waals surface area contributed by atoms with Crippen LogP contribution in [-0.2, 0) is 19.7 Å². The predicted molar refractivity (Wildman–Crippen MR) is 148 cm³/mol. The maximum atomic E-state index is 13.2. The van der Waals surface area contributed by atoms with Gasteiger partial charge < -0.3 is 14.8 Å². The van der Waals surface area contributed by atoms with Crippen LogP contribution in [0.25, 0.3) is 0 Å². The number of carbonyl (C=O) groups excluding carboxylic acids is 4. The number of esters is 2. The Kier molecular flexibility index (Phi) is 7.60. The number of hydrogen-bond acceptors (Lipinski definition) is 7. The maximum absolute atomic E-state index is 13.2. The molecule has 0 bridgehead atoms. The minimum absolute atomic E-state index is 0.0403. The third kappa shape index (κ3) is 5.56. The molecule has 4 rings (SSSR count). The first kappa shape index (κ1) is 27.6. The average Bonchev–Trinajstić information content (AvgIpc) is 3.11. The van der Waals surface area contributed by atoms with Gasteiger partial charge in [0.15, 0.2) is 0 Å². The van der Waals surface area contributed by atoms with Crippen LogP contribution in [0.15, 0.2) is 77.5 Å². The lowest BCUT2D eigenvalue weighted by molar-refractivity contribution is -0.120. The molecule has 3 aromatic carbocycles. The van der Waals surface area contributed by atoms with Crippen LogP contribution in [0.4, 0.5) is 11.4 Å².